The number of benzene rings is 1. The molecule has 0 aromatic heterocycles. The standard InChI is InChI=1S/C14H22N2O3/c1-5-10(2)16-14(17)9-15-12-7-6-11(18-3)8-13(12)19-4/h6-8,10,15H,5,9H2,1-4H3,(H,16,17). The summed E-state index contributed by atoms with van der Waals surface area (Å²) in [5, 5.41) is 5.95. The summed E-state index contributed by atoms with van der Waals surface area (Å²) in [4.78, 5) is 11.7. The minimum absolute atomic E-state index is 0.0350. The van der Waals surface area contributed by atoms with Gasteiger partial charge in [0.05, 0.1) is 26.5 Å². The lowest BCUT2D eigenvalue weighted by molar-refractivity contribution is -0.120. The third-order valence-corrected chi connectivity index (χ3v) is 2.87. The molecule has 0 saturated carbocycles. The van der Waals surface area contributed by atoms with Crippen LogP contribution in [0.25, 0.3) is 0 Å². The zero-order valence-electron chi connectivity index (χ0n) is 11.9. The van der Waals surface area contributed by atoms with Gasteiger partial charge in [0.25, 0.3) is 0 Å². The first-order valence-electron chi connectivity index (χ1n) is 6.36. The Hall–Kier alpha value is -1.91. The van der Waals surface area contributed by atoms with Crippen LogP contribution in [0.4, 0.5) is 5.69 Å². The highest BCUT2D eigenvalue weighted by Gasteiger charge is 2.08. The van der Waals surface area contributed by atoms with E-state index in [4.69, 9.17) is 9.47 Å². The number of nitrogens with one attached hydrogen (secondary N) is 2. The van der Waals surface area contributed by atoms with Gasteiger partial charge in [-0.3, -0.25) is 4.79 Å². The van der Waals surface area contributed by atoms with Crippen LogP contribution >= 0.6 is 0 Å². The number of hydrogen-bond donors (Lipinski definition) is 2. The Morgan fingerprint density at radius 3 is 2.63 bits per heavy atom. The van der Waals surface area contributed by atoms with Crippen molar-refractivity contribution >= 4 is 11.6 Å². The molecule has 2 N–H and O–H groups in total. The van der Waals surface area contributed by atoms with Crippen LogP contribution in [-0.4, -0.2) is 32.7 Å². The fourth-order valence-corrected chi connectivity index (χ4v) is 1.55. The monoisotopic (exact) mass is 266 g/mol. The molecule has 106 valence electrons. The molecule has 0 fully saturated rings. The maximum absolute atomic E-state index is 11.7. The van der Waals surface area contributed by atoms with E-state index in [1.54, 1.807) is 20.3 Å². The SMILES string of the molecule is CCC(C)NC(=O)CNc1ccc(OC)cc1OC. The molecule has 0 bridgehead atoms. The van der Waals surface area contributed by atoms with Gasteiger partial charge in [0, 0.05) is 12.1 Å². The molecule has 1 amide bonds. The van der Waals surface area contributed by atoms with E-state index >= 15 is 0 Å². The van der Waals surface area contributed by atoms with Gasteiger partial charge in [-0.25, -0.2) is 0 Å². The second kappa shape index (κ2) is 7.51. The second-order valence-electron chi connectivity index (χ2n) is 4.30. The number of rotatable bonds is 7. The highest BCUT2D eigenvalue weighted by molar-refractivity contribution is 5.81. The lowest BCUT2D eigenvalue weighted by Gasteiger charge is -2.14. The molecule has 1 rings (SSSR count). The van der Waals surface area contributed by atoms with Gasteiger partial charge < -0.3 is 20.1 Å². The molecule has 1 aromatic carbocycles. The molecular weight excluding hydrogens is 244 g/mol. The molecule has 5 nitrogen and oxygen atoms in total. The summed E-state index contributed by atoms with van der Waals surface area (Å²) in [7, 11) is 3.18. The minimum Gasteiger partial charge on any atom is -0.497 e. The van der Waals surface area contributed by atoms with E-state index in [-0.39, 0.29) is 18.5 Å². The molecule has 1 unspecified atom stereocenters. The fourth-order valence-electron chi connectivity index (χ4n) is 1.55. The van der Waals surface area contributed by atoms with Gasteiger partial charge in [-0.1, -0.05) is 6.92 Å². The van der Waals surface area contributed by atoms with Gasteiger partial charge in [-0.05, 0) is 25.5 Å². The van der Waals surface area contributed by atoms with Crippen LogP contribution in [0.2, 0.25) is 0 Å². The van der Waals surface area contributed by atoms with E-state index < -0.39 is 0 Å². The summed E-state index contributed by atoms with van der Waals surface area (Å²) in [5.74, 6) is 1.33. The molecule has 5 heteroatoms. The van der Waals surface area contributed by atoms with Crippen molar-refractivity contribution in [1.29, 1.82) is 0 Å². The predicted octanol–water partition coefficient (Wildman–Crippen LogP) is 2.03. The van der Waals surface area contributed by atoms with Gasteiger partial charge in [0.15, 0.2) is 0 Å². The van der Waals surface area contributed by atoms with E-state index in [9.17, 15) is 4.79 Å². The quantitative estimate of drug-likeness (QED) is 0.793. The first kappa shape index (κ1) is 15.1. The molecule has 0 spiro atoms. The van der Waals surface area contributed by atoms with Gasteiger partial charge in [0.1, 0.15) is 11.5 Å². The zero-order valence-corrected chi connectivity index (χ0v) is 11.9. The van der Waals surface area contributed by atoms with Gasteiger partial charge >= 0.3 is 0 Å². The number of anilines is 1. The molecular formula is C14H22N2O3. The molecule has 0 aliphatic carbocycles. The summed E-state index contributed by atoms with van der Waals surface area (Å²) in [6.07, 6.45) is 0.914. The maximum Gasteiger partial charge on any atom is 0.239 e. The number of carbonyl (C=O) groups excluding carboxylic acids is 1. The van der Waals surface area contributed by atoms with Crippen LogP contribution in [0.15, 0.2) is 18.2 Å². The summed E-state index contributed by atoms with van der Waals surface area (Å²) in [6, 6.07) is 5.60. The van der Waals surface area contributed by atoms with Crippen molar-refractivity contribution in [3.05, 3.63) is 18.2 Å². The number of methoxy groups -OCH3 is 2. The third kappa shape index (κ3) is 4.69. The Morgan fingerprint density at radius 1 is 1.32 bits per heavy atom. The lowest BCUT2D eigenvalue weighted by Crippen LogP contribution is -2.36. The normalized spacial score (nSPS) is 11.6. The molecule has 1 atom stereocenters. The van der Waals surface area contributed by atoms with Gasteiger partial charge in [-0.2, -0.15) is 0 Å². The molecule has 0 radical (unpaired) electrons. The van der Waals surface area contributed by atoms with E-state index in [0.717, 1.165) is 12.1 Å². The number of carbonyl (C=O) groups is 1. The van der Waals surface area contributed by atoms with Crippen molar-refractivity contribution in [2.75, 3.05) is 26.1 Å². The Morgan fingerprint density at radius 2 is 2.05 bits per heavy atom. The minimum atomic E-state index is -0.0350. The molecule has 0 aliphatic heterocycles. The van der Waals surface area contributed by atoms with Crippen LogP contribution in [0.5, 0.6) is 11.5 Å². The Kier molecular flexibility index (Phi) is 5.99. The summed E-state index contributed by atoms with van der Waals surface area (Å²) < 4.78 is 10.4. The van der Waals surface area contributed by atoms with Crippen molar-refractivity contribution in [2.24, 2.45) is 0 Å². The van der Waals surface area contributed by atoms with Crippen LogP contribution in [0, 0.1) is 0 Å². The highest BCUT2D eigenvalue weighted by atomic mass is 16.5. The highest BCUT2D eigenvalue weighted by Crippen LogP contribution is 2.28. The van der Waals surface area contributed by atoms with Crippen LogP contribution in [0.3, 0.4) is 0 Å². The third-order valence-electron chi connectivity index (χ3n) is 2.87. The van der Waals surface area contributed by atoms with Crippen molar-refractivity contribution in [2.45, 2.75) is 26.3 Å². The predicted molar refractivity (Wildman–Crippen MR) is 75.9 cm³/mol. The first-order valence-corrected chi connectivity index (χ1v) is 6.36. The van der Waals surface area contributed by atoms with E-state index in [0.29, 0.717) is 11.5 Å². The van der Waals surface area contributed by atoms with Gasteiger partial charge in [-0.15, -0.1) is 0 Å². The average molecular weight is 266 g/mol. The maximum atomic E-state index is 11.7. The topological polar surface area (TPSA) is 59.6 Å². The number of ether oxygens (including phenoxy) is 2. The molecule has 0 aliphatic rings. The Balaban J connectivity index is 2.59. The van der Waals surface area contributed by atoms with Crippen molar-refractivity contribution in [1.82, 2.24) is 5.32 Å². The summed E-state index contributed by atoms with van der Waals surface area (Å²) in [6.45, 7) is 4.23. The van der Waals surface area contributed by atoms with Gasteiger partial charge in [0.2, 0.25) is 5.91 Å². The first-order chi connectivity index (χ1) is 9.10. The lowest BCUT2D eigenvalue weighted by atomic mass is 10.2. The van der Waals surface area contributed by atoms with Crippen molar-refractivity contribution < 1.29 is 14.3 Å². The van der Waals surface area contributed by atoms with E-state index in [2.05, 4.69) is 10.6 Å². The number of amides is 1. The zero-order chi connectivity index (χ0) is 14.3. The molecule has 0 heterocycles. The van der Waals surface area contributed by atoms with E-state index in [1.807, 2.05) is 26.0 Å². The molecule has 19 heavy (non-hydrogen) atoms. The Labute approximate surface area is 114 Å². The van der Waals surface area contributed by atoms with Crippen LogP contribution in [0.1, 0.15) is 20.3 Å². The summed E-state index contributed by atoms with van der Waals surface area (Å²) >= 11 is 0. The van der Waals surface area contributed by atoms with Crippen LogP contribution in [-0.2, 0) is 4.79 Å². The van der Waals surface area contributed by atoms with Crippen molar-refractivity contribution in [3.8, 4) is 11.5 Å². The molecule has 0 saturated heterocycles. The average Bonchev–Trinajstić information content (AvgIpc) is 2.44. The van der Waals surface area contributed by atoms with Crippen LogP contribution < -0.4 is 20.1 Å². The fraction of sp³-hybridized carbons (Fsp3) is 0.500. The number of hydrogen-bond acceptors (Lipinski definition) is 4. The largest absolute Gasteiger partial charge is 0.497 e. The Bertz CT molecular complexity index is 421. The van der Waals surface area contributed by atoms with E-state index in [1.165, 1.54) is 0 Å². The molecule has 1 aromatic rings. The second-order valence-corrected chi connectivity index (χ2v) is 4.30. The smallest absolute Gasteiger partial charge is 0.239 e. The summed E-state index contributed by atoms with van der Waals surface area (Å²) in [5.41, 5.74) is 0.766. The van der Waals surface area contributed by atoms with Crippen molar-refractivity contribution in [3.63, 3.8) is 0 Å².